The van der Waals surface area contributed by atoms with E-state index in [2.05, 4.69) is 21.5 Å². The van der Waals surface area contributed by atoms with Crippen LogP contribution < -0.4 is 5.32 Å². The van der Waals surface area contributed by atoms with Gasteiger partial charge in [-0.15, -0.1) is 23.1 Å². The number of anilines is 1. The quantitative estimate of drug-likeness (QED) is 0.797. The number of aromatic nitrogens is 2. The Kier molecular flexibility index (Phi) is 3.44. The predicted molar refractivity (Wildman–Crippen MR) is 86.2 cm³/mol. The minimum Gasteiger partial charge on any atom is -0.334 e. The Morgan fingerprint density at radius 1 is 1.32 bits per heavy atom. The zero-order valence-electron chi connectivity index (χ0n) is 11.4. The van der Waals surface area contributed by atoms with Gasteiger partial charge in [-0.25, -0.2) is 0 Å². The summed E-state index contributed by atoms with van der Waals surface area (Å²) in [6.07, 6.45) is 0.677. The number of hydrogen-bond donors (Lipinski definition) is 1. The molecule has 2 aromatic heterocycles. The Labute approximate surface area is 134 Å². The maximum atomic E-state index is 11.4. The second kappa shape index (κ2) is 5.58. The average Bonchev–Trinajstić information content (AvgIpc) is 3.19. The number of nitrogens with one attached hydrogen (secondary N) is 1. The minimum atomic E-state index is 0.0290. The summed E-state index contributed by atoms with van der Waals surface area (Å²) in [6.45, 7) is 0. The molecule has 0 unspecified atom stereocenters. The van der Waals surface area contributed by atoms with Crippen molar-refractivity contribution in [2.24, 2.45) is 0 Å². The van der Waals surface area contributed by atoms with Gasteiger partial charge in [-0.1, -0.05) is 11.2 Å². The van der Waals surface area contributed by atoms with Gasteiger partial charge in [0.2, 0.25) is 5.91 Å². The first-order chi connectivity index (χ1) is 10.8. The third-order valence-corrected chi connectivity index (χ3v) is 5.17. The van der Waals surface area contributed by atoms with Crippen molar-refractivity contribution < 1.29 is 9.32 Å². The second-order valence-corrected chi connectivity index (χ2v) is 6.87. The molecule has 0 radical (unpaired) electrons. The molecule has 1 N–H and O–H groups in total. The molecule has 1 aromatic carbocycles. The lowest BCUT2D eigenvalue weighted by atomic mass is 10.2. The first-order valence-corrected chi connectivity index (χ1v) is 8.56. The summed E-state index contributed by atoms with van der Waals surface area (Å²) >= 11 is 3.19. The summed E-state index contributed by atoms with van der Waals surface area (Å²) in [5.41, 5.74) is 1.70. The molecule has 0 fully saturated rings. The maximum Gasteiger partial charge on any atom is 0.257 e. The van der Waals surface area contributed by atoms with Crippen molar-refractivity contribution >= 4 is 34.7 Å². The molecular formula is C15H11N3O2S2. The van der Waals surface area contributed by atoms with Gasteiger partial charge in [0, 0.05) is 21.8 Å². The second-order valence-electron chi connectivity index (χ2n) is 4.82. The lowest BCUT2D eigenvalue weighted by Gasteiger charge is -2.16. The molecule has 0 saturated carbocycles. The molecule has 0 bridgehead atoms. The van der Waals surface area contributed by atoms with E-state index in [4.69, 9.17) is 4.52 Å². The van der Waals surface area contributed by atoms with Crippen molar-refractivity contribution in [1.82, 2.24) is 10.1 Å². The molecule has 1 aliphatic rings. The molecular weight excluding hydrogens is 318 g/mol. The van der Waals surface area contributed by atoms with Crippen LogP contribution in [0.5, 0.6) is 0 Å². The molecule has 0 atom stereocenters. The molecule has 0 saturated heterocycles. The maximum absolute atomic E-state index is 11.4. The fourth-order valence-electron chi connectivity index (χ4n) is 2.22. The van der Waals surface area contributed by atoms with E-state index in [0.717, 1.165) is 16.1 Å². The Morgan fingerprint density at radius 3 is 3.14 bits per heavy atom. The monoisotopic (exact) mass is 329 g/mol. The van der Waals surface area contributed by atoms with Crippen LogP contribution in [0, 0.1) is 0 Å². The zero-order valence-corrected chi connectivity index (χ0v) is 13.0. The van der Waals surface area contributed by atoms with Gasteiger partial charge in [0.1, 0.15) is 0 Å². The van der Waals surface area contributed by atoms with Gasteiger partial charge in [0.05, 0.1) is 11.4 Å². The fraction of sp³-hybridized carbons (Fsp3) is 0.133. The largest absolute Gasteiger partial charge is 0.334 e. The topological polar surface area (TPSA) is 68.0 Å². The number of benzene rings is 1. The lowest BCUT2D eigenvalue weighted by Crippen LogP contribution is -2.18. The van der Waals surface area contributed by atoms with E-state index in [1.165, 1.54) is 16.6 Å². The number of nitrogens with zero attached hydrogens (tertiary/aromatic N) is 2. The Bertz CT molecular complexity index is 827. The third-order valence-electron chi connectivity index (χ3n) is 3.24. The molecule has 1 amide bonds. The number of fused-ring (bicyclic) bond motifs is 1. The molecule has 3 heterocycles. The van der Waals surface area contributed by atoms with Crippen LogP contribution in [-0.4, -0.2) is 21.8 Å². The molecule has 22 heavy (non-hydrogen) atoms. The first-order valence-electron chi connectivity index (χ1n) is 6.70. The van der Waals surface area contributed by atoms with Crippen molar-refractivity contribution in [3.8, 4) is 11.5 Å². The van der Waals surface area contributed by atoms with E-state index in [1.807, 2.05) is 29.6 Å². The minimum absolute atomic E-state index is 0.0290. The third kappa shape index (κ3) is 2.65. The van der Waals surface area contributed by atoms with Crippen molar-refractivity contribution in [1.29, 1.82) is 0 Å². The van der Waals surface area contributed by atoms with Gasteiger partial charge < -0.3 is 9.84 Å². The molecule has 4 rings (SSSR count). The van der Waals surface area contributed by atoms with Crippen LogP contribution in [0.25, 0.3) is 11.5 Å². The number of thioether (sulfide) groups is 1. The zero-order chi connectivity index (χ0) is 14.9. The van der Waals surface area contributed by atoms with E-state index in [9.17, 15) is 4.79 Å². The first kappa shape index (κ1) is 13.5. The summed E-state index contributed by atoms with van der Waals surface area (Å²) in [6, 6.07) is 9.79. The number of carbonyl (C=O) groups is 1. The molecule has 110 valence electrons. The van der Waals surface area contributed by atoms with Crippen LogP contribution in [0.4, 0.5) is 5.69 Å². The van der Waals surface area contributed by atoms with E-state index < -0.39 is 0 Å². The summed E-state index contributed by atoms with van der Waals surface area (Å²) in [7, 11) is 0. The van der Waals surface area contributed by atoms with E-state index in [1.54, 1.807) is 11.3 Å². The van der Waals surface area contributed by atoms with Gasteiger partial charge in [-0.3, -0.25) is 4.79 Å². The molecule has 5 nitrogen and oxygen atoms in total. The molecule has 7 heteroatoms. The summed E-state index contributed by atoms with van der Waals surface area (Å²) in [4.78, 5) is 18.0. The van der Waals surface area contributed by atoms with Crippen molar-refractivity contribution in [3.63, 3.8) is 0 Å². The van der Waals surface area contributed by atoms with Crippen LogP contribution in [0.15, 0.2) is 45.1 Å². The fourth-order valence-corrected chi connectivity index (χ4v) is 3.76. The van der Waals surface area contributed by atoms with Crippen molar-refractivity contribution in [2.75, 3.05) is 11.1 Å². The average molecular weight is 329 g/mol. The molecule has 3 aromatic rings. The van der Waals surface area contributed by atoms with Crippen molar-refractivity contribution in [2.45, 2.75) is 11.3 Å². The van der Waals surface area contributed by atoms with Gasteiger partial charge in [0.25, 0.3) is 5.89 Å². The number of carbonyl (C=O) groups excluding carboxylic acids is 1. The van der Waals surface area contributed by atoms with Gasteiger partial charge >= 0.3 is 0 Å². The van der Waals surface area contributed by atoms with E-state index >= 15 is 0 Å². The summed E-state index contributed by atoms with van der Waals surface area (Å²) in [5.74, 6) is 1.65. The molecule has 0 aliphatic carbocycles. The molecule has 0 spiro atoms. The Hall–Kier alpha value is -2.12. The summed E-state index contributed by atoms with van der Waals surface area (Å²) in [5, 5.41) is 8.92. The van der Waals surface area contributed by atoms with Crippen LogP contribution in [0.3, 0.4) is 0 Å². The van der Waals surface area contributed by atoms with Crippen LogP contribution in [0.1, 0.15) is 10.7 Å². The highest BCUT2D eigenvalue weighted by molar-refractivity contribution is 8.00. The van der Waals surface area contributed by atoms with Crippen LogP contribution in [0.2, 0.25) is 0 Å². The van der Waals surface area contributed by atoms with Gasteiger partial charge in [-0.2, -0.15) is 4.98 Å². The lowest BCUT2D eigenvalue weighted by molar-refractivity contribution is -0.113. The van der Waals surface area contributed by atoms with Gasteiger partial charge in [0.15, 0.2) is 5.82 Å². The highest BCUT2D eigenvalue weighted by atomic mass is 32.2. The van der Waals surface area contributed by atoms with Crippen LogP contribution in [-0.2, 0) is 11.2 Å². The highest BCUT2D eigenvalue weighted by Crippen LogP contribution is 2.34. The highest BCUT2D eigenvalue weighted by Gasteiger charge is 2.17. The van der Waals surface area contributed by atoms with Crippen LogP contribution >= 0.6 is 23.1 Å². The summed E-state index contributed by atoms with van der Waals surface area (Å²) < 4.78 is 5.36. The normalized spacial score (nSPS) is 13.7. The predicted octanol–water partition coefficient (Wildman–Crippen LogP) is 3.43. The Morgan fingerprint density at radius 2 is 2.27 bits per heavy atom. The van der Waals surface area contributed by atoms with Crippen molar-refractivity contribution in [3.05, 3.63) is 46.4 Å². The number of thiophene rings is 1. The number of amides is 1. The van der Waals surface area contributed by atoms with E-state index in [0.29, 0.717) is 23.9 Å². The molecule has 1 aliphatic heterocycles. The Balaban J connectivity index is 1.60. The SMILES string of the molecule is O=C1CSc2cc(-c3nc(Cc4cccs4)no3)ccc2N1. The van der Waals surface area contributed by atoms with E-state index in [-0.39, 0.29) is 5.91 Å². The number of rotatable bonds is 3. The smallest absolute Gasteiger partial charge is 0.257 e. The number of hydrogen-bond acceptors (Lipinski definition) is 6. The standard InChI is InChI=1S/C15H11N3O2S2/c19-14-8-22-12-6-9(3-4-11(12)16-14)15-17-13(18-20-15)7-10-2-1-5-21-10/h1-6H,7-8H2,(H,16,19). The van der Waals surface area contributed by atoms with Gasteiger partial charge in [-0.05, 0) is 29.6 Å².